The van der Waals surface area contributed by atoms with E-state index in [1.54, 1.807) is 49.5 Å². The van der Waals surface area contributed by atoms with Crippen molar-refractivity contribution in [1.29, 1.82) is 0 Å². The Kier molecular flexibility index (Phi) is 5.28. The van der Waals surface area contributed by atoms with Gasteiger partial charge in [0.15, 0.2) is 17.3 Å². The quantitative estimate of drug-likeness (QED) is 0.768. The standard InChI is InChI=1S/C23H25NO6/c1-27-16-6-4-5-15(13-16)22(26)24-11-9-23(10-12-24)14-18(25)17-7-8-19(28-2)21(29-3)20(17)30-23/h4-8,13H,9-12,14H2,1-3H3. The third-order valence-corrected chi connectivity index (χ3v) is 5.88. The van der Waals surface area contributed by atoms with Crippen LogP contribution in [-0.4, -0.2) is 56.6 Å². The number of Topliss-reactive ketones (excluding diaryl/α,β-unsaturated/α-hetero) is 1. The number of benzene rings is 2. The lowest BCUT2D eigenvalue weighted by Gasteiger charge is -2.44. The van der Waals surface area contributed by atoms with Crippen molar-refractivity contribution < 1.29 is 28.5 Å². The second-order valence-electron chi connectivity index (χ2n) is 7.59. The van der Waals surface area contributed by atoms with Gasteiger partial charge in [-0.3, -0.25) is 9.59 Å². The fourth-order valence-corrected chi connectivity index (χ4v) is 4.19. The summed E-state index contributed by atoms with van der Waals surface area (Å²) < 4.78 is 22.4. The Morgan fingerprint density at radius 1 is 1.03 bits per heavy atom. The molecule has 2 aromatic carbocycles. The zero-order chi connectivity index (χ0) is 21.3. The van der Waals surface area contributed by atoms with Gasteiger partial charge in [0.1, 0.15) is 11.4 Å². The van der Waals surface area contributed by atoms with Crippen molar-refractivity contribution in [2.45, 2.75) is 24.9 Å². The average Bonchev–Trinajstić information content (AvgIpc) is 2.78. The number of carbonyl (C=O) groups excluding carboxylic acids is 2. The monoisotopic (exact) mass is 411 g/mol. The number of ether oxygens (including phenoxy) is 4. The highest BCUT2D eigenvalue weighted by Gasteiger charge is 2.45. The van der Waals surface area contributed by atoms with Crippen molar-refractivity contribution in [3.05, 3.63) is 47.5 Å². The number of hydrogen-bond donors (Lipinski definition) is 0. The maximum atomic E-state index is 12.9. The van der Waals surface area contributed by atoms with Crippen LogP contribution in [0.1, 0.15) is 40.0 Å². The molecule has 30 heavy (non-hydrogen) atoms. The number of carbonyl (C=O) groups is 2. The molecule has 1 spiro atoms. The van der Waals surface area contributed by atoms with E-state index in [-0.39, 0.29) is 18.1 Å². The van der Waals surface area contributed by atoms with Crippen LogP contribution in [0.4, 0.5) is 0 Å². The molecule has 1 saturated heterocycles. The molecule has 2 aliphatic rings. The van der Waals surface area contributed by atoms with Gasteiger partial charge < -0.3 is 23.8 Å². The van der Waals surface area contributed by atoms with Gasteiger partial charge in [0.05, 0.1) is 33.3 Å². The lowest BCUT2D eigenvalue weighted by Crippen LogP contribution is -2.52. The van der Waals surface area contributed by atoms with Crippen LogP contribution in [0.2, 0.25) is 0 Å². The fraction of sp³-hybridized carbons (Fsp3) is 0.391. The second kappa shape index (κ2) is 7.89. The van der Waals surface area contributed by atoms with Gasteiger partial charge in [-0.25, -0.2) is 0 Å². The average molecular weight is 411 g/mol. The summed E-state index contributed by atoms with van der Waals surface area (Å²) >= 11 is 0. The van der Waals surface area contributed by atoms with Gasteiger partial charge in [-0.2, -0.15) is 0 Å². The molecular formula is C23H25NO6. The molecule has 7 heteroatoms. The number of methoxy groups -OCH3 is 3. The van der Waals surface area contributed by atoms with Crippen LogP contribution in [0, 0.1) is 0 Å². The van der Waals surface area contributed by atoms with E-state index in [0.29, 0.717) is 60.1 Å². The molecule has 1 fully saturated rings. The van der Waals surface area contributed by atoms with Crippen molar-refractivity contribution in [1.82, 2.24) is 4.90 Å². The lowest BCUT2D eigenvalue weighted by molar-refractivity contribution is -0.00746. The van der Waals surface area contributed by atoms with Crippen molar-refractivity contribution in [3.8, 4) is 23.0 Å². The Hall–Kier alpha value is -3.22. The summed E-state index contributed by atoms with van der Waals surface area (Å²) in [7, 11) is 4.66. The highest BCUT2D eigenvalue weighted by Crippen LogP contribution is 2.47. The first-order valence-corrected chi connectivity index (χ1v) is 9.91. The van der Waals surface area contributed by atoms with Crippen LogP contribution in [0.15, 0.2) is 36.4 Å². The summed E-state index contributed by atoms with van der Waals surface area (Å²) in [6, 6.07) is 10.6. The van der Waals surface area contributed by atoms with E-state index in [4.69, 9.17) is 18.9 Å². The number of ketones is 1. The summed E-state index contributed by atoms with van der Waals surface area (Å²) in [5.74, 6) is 1.99. The Labute approximate surface area is 175 Å². The summed E-state index contributed by atoms with van der Waals surface area (Å²) in [6.45, 7) is 1.01. The SMILES string of the molecule is COc1cccc(C(=O)N2CCC3(CC2)CC(=O)c2ccc(OC)c(OC)c2O3)c1. The molecule has 0 saturated carbocycles. The number of fused-ring (bicyclic) bond motifs is 1. The van der Waals surface area contributed by atoms with E-state index >= 15 is 0 Å². The fourth-order valence-electron chi connectivity index (χ4n) is 4.19. The van der Waals surface area contributed by atoms with E-state index in [0.717, 1.165) is 0 Å². The van der Waals surface area contributed by atoms with Gasteiger partial charge in [-0.05, 0) is 30.3 Å². The van der Waals surface area contributed by atoms with Gasteiger partial charge in [0, 0.05) is 31.5 Å². The number of hydrogen-bond acceptors (Lipinski definition) is 6. The first-order chi connectivity index (χ1) is 14.5. The molecule has 1 amide bonds. The van der Waals surface area contributed by atoms with Crippen molar-refractivity contribution >= 4 is 11.7 Å². The number of likely N-dealkylation sites (tertiary alicyclic amines) is 1. The maximum absolute atomic E-state index is 12.9. The third kappa shape index (κ3) is 3.44. The van der Waals surface area contributed by atoms with Crippen molar-refractivity contribution in [3.63, 3.8) is 0 Å². The van der Waals surface area contributed by atoms with Crippen LogP contribution in [0.3, 0.4) is 0 Å². The lowest BCUT2D eigenvalue weighted by atomic mass is 9.82. The summed E-state index contributed by atoms with van der Waals surface area (Å²) in [5.41, 5.74) is 0.449. The molecule has 2 aliphatic heterocycles. The Bertz CT molecular complexity index is 978. The summed E-state index contributed by atoms with van der Waals surface area (Å²) in [4.78, 5) is 27.6. The minimum Gasteiger partial charge on any atom is -0.497 e. The molecule has 7 nitrogen and oxygen atoms in total. The Balaban J connectivity index is 1.53. The maximum Gasteiger partial charge on any atom is 0.253 e. The van der Waals surface area contributed by atoms with Gasteiger partial charge >= 0.3 is 0 Å². The third-order valence-electron chi connectivity index (χ3n) is 5.88. The van der Waals surface area contributed by atoms with Gasteiger partial charge in [0.25, 0.3) is 5.91 Å². The Morgan fingerprint density at radius 2 is 1.80 bits per heavy atom. The minimum atomic E-state index is -0.644. The van der Waals surface area contributed by atoms with Gasteiger partial charge in [-0.15, -0.1) is 0 Å². The number of nitrogens with zero attached hydrogens (tertiary/aromatic N) is 1. The van der Waals surface area contributed by atoms with Gasteiger partial charge in [-0.1, -0.05) is 6.07 Å². The van der Waals surface area contributed by atoms with E-state index < -0.39 is 5.60 Å². The Morgan fingerprint density at radius 3 is 2.47 bits per heavy atom. The minimum absolute atomic E-state index is 0.0183. The number of rotatable bonds is 4. The smallest absolute Gasteiger partial charge is 0.253 e. The molecule has 2 aromatic rings. The molecule has 2 heterocycles. The van der Waals surface area contributed by atoms with Crippen LogP contribution >= 0.6 is 0 Å². The van der Waals surface area contributed by atoms with Crippen LogP contribution in [-0.2, 0) is 0 Å². The predicted octanol–water partition coefficient (Wildman–Crippen LogP) is 3.35. The molecule has 158 valence electrons. The molecule has 4 rings (SSSR count). The molecule has 0 atom stereocenters. The van der Waals surface area contributed by atoms with Crippen molar-refractivity contribution in [2.75, 3.05) is 34.4 Å². The topological polar surface area (TPSA) is 74.3 Å². The first-order valence-electron chi connectivity index (χ1n) is 9.91. The molecule has 0 N–H and O–H groups in total. The summed E-state index contributed by atoms with van der Waals surface area (Å²) in [6.07, 6.45) is 1.42. The zero-order valence-corrected chi connectivity index (χ0v) is 17.4. The molecule has 0 radical (unpaired) electrons. The normalized spacial score (nSPS) is 17.2. The van der Waals surface area contributed by atoms with Crippen LogP contribution < -0.4 is 18.9 Å². The molecule has 0 unspecified atom stereocenters. The second-order valence-corrected chi connectivity index (χ2v) is 7.59. The van der Waals surface area contributed by atoms with E-state index in [9.17, 15) is 9.59 Å². The van der Waals surface area contributed by atoms with Crippen LogP contribution in [0.5, 0.6) is 23.0 Å². The molecule has 0 aliphatic carbocycles. The van der Waals surface area contributed by atoms with Crippen molar-refractivity contribution in [2.24, 2.45) is 0 Å². The number of piperidine rings is 1. The van der Waals surface area contributed by atoms with E-state index in [2.05, 4.69) is 0 Å². The molecular weight excluding hydrogens is 386 g/mol. The highest BCUT2D eigenvalue weighted by molar-refractivity contribution is 6.01. The van der Waals surface area contributed by atoms with E-state index in [1.807, 2.05) is 6.07 Å². The predicted molar refractivity (Wildman–Crippen MR) is 110 cm³/mol. The van der Waals surface area contributed by atoms with Crippen LogP contribution in [0.25, 0.3) is 0 Å². The van der Waals surface area contributed by atoms with E-state index in [1.165, 1.54) is 7.11 Å². The largest absolute Gasteiger partial charge is 0.497 e. The molecule has 0 aromatic heterocycles. The highest BCUT2D eigenvalue weighted by atomic mass is 16.5. The first kappa shape index (κ1) is 20.1. The zero-order valence-electron chi connectivity index (χ0n) is 17.4. The van der Waals surface area contributed by atoms with Gasteiger partial charge in [0.2, 0.25) is 5.75 Å². The molecule has 0 bridgehead atoms. The summed E-state index contributed by atoms with van der Waals surface area (Å²) in [5, 5.41) is 0. The number of amides is 1.